The van der Waals surface area contributed by atoms with E-state index in [1.54, 1.807) is 0 Å². The smallest absolute Gasteiger partial charge is 0.0483 e. The summed E-state index contributed by atoms with van der Waals surface area (Å²) >= 11 is 0. The van der Waals surface area contributed by atoms with Crippen LogP contribution in [-0.4, -0.2) is 17.7 Å². The first-order chi connectivity index (χ1) is 9.84. The van der Waals surface area contributed by atoms with E-state index in [4.69, 9.17) is 0 Å². The molecule has 1 aliphatic carbocycles. The normalized spacial score (nSPS) is 16.9. The van der Waals surface area contributed by atoms with Crippen molar-refractivity contribution >= 4 is 10.9 Å². The van der Waals surface area contributed by atoms with Crippen LogP contribution < -0.4 is 5.32 Å². The first kappa shape index (κ1) is 13.7. The van der Waals surface area contributed by atoms with Gasteiger partial charge in [0.05, 0.1) is 0 Å². The quantitative estimate of drug-likeness (QED) is 0.809. The maximum absolute atomic E-state index is 3.66. The maximum atomic E-state index is 3.66. The van der Waals surface area contributed by atoms with Crippen molar-refractivity contribution in [1.29, 1.82) is 0 Å². The van der Waals surface area contributed by atoms with Crippen LogP contribution >= 0.6 is 0 Å². The Labute approximate surface area is 122 Å². The minimum atomic E-state index is 0.923. The predicted molar refractivity (Wildman–Crippen MR) is 86.1 cm³/mol. The monoisotopic (exact) mass is 270 g/mol. The van der Waals surface area contributed by atoms with Gasteiger partial charge in [0.15, 0.2) is 0 Å². The van der Waals surface area contributed by atoms with Gasteiger partial charge in [-0.25, -0.2) is 0 Å². The van der Waals surface area contributed by atoms with E-state index in [1.807, 2.05) is 0 Å². The van der Waals surface area contributed by atoms with Gasteiger partial charge in [0.2, 0.25) is 0 Å². The lowest BCUT2D eigenvalue weighted by Gasteiger charge is -2.21. The Morgan fingerprint density at radius 2 is 1.95 bits per heavy atom. The van der Waals surface area contributed by atoms with Gasteiger partial charge in [-0.2, -0.15) is 0 Å². The number of aryl methyl sites for hydroxylation is 1. The highest BCUT2D eigenvalue weighted by Crippen LogP contribution is 2.23. The molecule has 1 heterocycles. The number of hydrogen-bond donors (Lipinski definition) is 1. The molecule has 2 aromatic rings. The molecule has 1 aromatic carbocycles. The van der Waals surface area contributed by atoms with E-state index in [1.165, 1.54) is 55.1 Å². The second kappa shape index (κ2) is 6.45. The zero-order valence-corrected chi connectivity index (χ0v) is 12.6. The Bertz CT molecular complexity index is 550. The summed E-state index contributed by atoms with van der Waals surface area (Å²) < 4.78 is 2.39. The van der Waals surface area contributed by atoms with E-state index >= 15 is 0 Å². The van der Waals surface area contributed by atoms with E-state index in [9.17, 15) is 0 Å². The highest BCUT2D eigenvalue weighted by molar-refractivity contribution is 5.83. The zero-order chi connectivity index (χ0) is 13.8. The first-order valence-electron chi connectivity index (χ1n) is 8.10. The summed E-state index contributed by atoms with van der Waals surface area (Å²) in [4.78, 5) is 0. The van der Waals surface area contributed by atoms with Crippen molar-refractivity contribution in [1.82, 2.24) is 9.88 Å². The molecule has 1 saturated carbocycles. The largest absolute Gasteiger partial charge is 0.346 e. The third-order valence-electron chi connectivity index (χ3n) is 4.68. The third kappa shape index (κ3) is 3.06. The molecule has 108 valence electrons. The fourth-order valence-electron chi connectivity index (χ4n) is 3.51. The van der Waals surface area contributed by atoms with Gasteiger partial charge in [0.25, 0.3) is 0 Å². The first-order valence-corrected chi connectivity index (χ1v) is 8.10. The van der Waals surface area contributed by atoms with Crippen LogP contribution in [0.5, 0.6) is 0 Å². The van der Waals surface area contributed by atoms with Gasteiger partial charge in [-0.3, -0.25) is 0 Å². The molecule has 2 nitrogen and oxygen atoms in total. The standard InChI is InChI=1S/C18H26N2/c1-15-14-20(18-10-6-5-9-17(15)18)12-11-19-13-16-7-3-2-4-8-16/h5-6,9-10,14,16,19H,2-4,7-8,11-13H2,1H3. The topological polar surface area (TPSA) is 17.0 Å². The number of para-hydroxylation sites is 1. The second-order valence-corrected chi connectivity index (χ2v) is 6.23. The lowest BCUT2D eigenvalue weighted by atomic mass is 9.89. The summed E-state index contributed by atoms with van der Waals surface area (Å²) in [5, 5.41) is 5.05. The van der Waals surface area contributed by atoms with Gasteiger partial charge >= 0.3 is 0 Å². The second-order valence-electron chi connectivity index (χ2n) is 6.23. The van der Waals surface area contributed by atoms with Crippen molar-refractivity contribution in [2.24, 2.45) is 5.92 Å². The molecule has 0 atom stereocenters. The number of hydrogen-bond acceptors (Lipinski definition) is 1. The van der Waals surface area contributed by atoms with Crippen molar-refractivity contribution < 1.29 is 0 Å². The number of rotatable bonds is 5. The lowest BCUT2D eigenvalue weighted by molar-refractivity contribution is 0.341. The number of fused-ring (bicyclic) bond motifs is 1. The van der Waals surface area contributed by atoms with E-state index in [-0.39, 0.29) is 0 Å². The van der Waals surface area contributed by atoms with Gasteiger partial charge in [-0.15, -0.1) is 0 Å². The van der Waals surface area contributed by atoms with Crippen LogP contribution in [0.15, 0.2) is 30.5 Å². The summed E-state index contributed by atoms with van der Waals surface area (Å²) in [6.07, 6.45) is 9.47. The summed E-state index contributed by atoms with van der Waals surface area (Å²) in [5.41, 5.74) is 2.75. The van der Waals surface area contributed by atoms with Crippen molar-refractivity contribution in [2.75, 3.05) is 13.1 Å². The molecule has 1 N–H and O–H groups in total. The average molecular weight is 270 g/mol. The van der Waals surface area contributed by atoms with Crippen LogP contribution in [0.25, 0.3) is 10.9 Å². The Kier molecular flexibility index (Phi) is 4.41. The van der Waals surface area contributed by atoms with Crippen LogP contribution in [0.2, 0.25) is 0 Å². The molecule has 0 amide bonds. The Balaban J connectivity index is 1.52. The van der Waals surface area contributed by atoms with Crippen LogP contribution in [0.1, 0.15) is 37.7 Å². The van der Waals surface area contributed by atoms with Crippen molar-refractivity contribution in [3.05, 3.63) is 36.0 Å². The molecule has 0 bridgehead atoms. The number of benzene rings is 1. The molecule has 0 radical (unpaired) electrons. The van der Waals surface area contributed by atoms with Gasteiger partial charge < -0.3 is 9.88 Å². The van der Waals surface area contributed by atoms with E-state index in [0.717, 1.165) is 19.0 Å². The summed E-state index contributed by atoms with van der Waals surface area (Å²) in [7, 11) is 0. The highest BCUT2D eigenvalue weighted by atomic mass is 15.0. The molecular weight excluding hydrogens is 244 g/mol. The van der Waals surface area contributed by atoms with Gasteiger partial charge in [0, 0.05) is 30.2 Å². The van der Waals surface area contributed by atoms with E-state index in [0.29, 0.717) is 0 Å². The number of nitrogens with one attached hydrogen (secondary N) is 1. The third-order valence-corrected chi connectivity index (χ3v) is 4.68. The molecule has 20 heavy (non-hydrogen) atoms. The van der Waals surface area contributed by atoms with Crippen molar-refractivity contribution in [3.63, 3.8) is 0 Å². The summed E-state index contributed by atoms with van der Waals surface area (Å²) in [6.45, 7) is 5.56. The fraction of sp³-hybridized carbons (Fsp3) is 0.556. The van der Waals surface area contributed by atoms with Crippen LogP contribution in [0, 0.1) is 12.8 Å². The van der Waals surface area contributed by atoms with Crippen LogP contribution in [0.3, 0.4) is 0 Å². The molecule has 1 fully saturated rings. The SMILES string of the molecule is Cc1cn(CCNCC2CCCCC2)c2ccccc12. The molecule has 1 aliphatic rings. The summed E-state index contributed by atoms with van der Waals surface area (Å²) in [5.74, 6) is 0.923. The lowest BCUT2D eigenvalue weighted by Crippen LogP contribution is -2.27. The molecule has 0 unspecified atom stereocenters. The average Bonchev–Trinajstić information content (AvgIpc) is 2.82. The van der Waals surface area contributed by atoms with Gasteiger partial charge in [0.1, 0.15) is 0 Å². The minimum absolute atomic E-state index is 0.923. The summed E-state index contributed by atoms with van der Waals surface area (Å²) in [6, 6.07) is 8.70. The van der Waals surface area contributed by atoms with Crippen LogP contribution in [0.4, 0.5) is 0 Å². The number of aromatic nitrogens is 1. The van der Waals surface area contributed by atoms with Crippen molar-refractivity contribution in [3.8, 4) is 0 Å². The van der Waals surface area contributed by atoms with E-state index in [2.05, 4.69) is 47.3 Å². The zero-order valence-electron chi connectivity index (χ0n) is 12.6. The number of nitrogens with zero attached hydrogens (tertiary/aromatic N) is 1. The molecule has 0 saturated heterocycles. The van der Waals surface area contributed by atoms with Gasteiger partial charge in [-0.1, -0.05) is 37.5 Å². The molecular formula is C18H26N2. The molecule has 3 rings (SSSR count). The minimum Gasteiger partial charge on any atom is -0.346 e. The fourth-order valence-corrected chi connectivity index (χ4v) is 3.51. The highest BCUT2D eigenvalue weighted by Gasteiger charge is 2.12. The Morgan fingerprint density at radius 1 is 1.15 bits per heavy atom. The molecule has 2 heteroatoms. The Hall–Kier alpha value is -1.28. The van der Waals surface area contributed by atoms with E-state index < -0.39 is 0 Å². The molecule has 0 aliphatic heterocycles. The van der Waals surface area contributed by atoms with Crippen molar-refractivity contribution in [2.45, 2.75) is 45.6 Å². The predicted octanol–water partition coefficient (Wildman–Crippen LogP) is 4.12. The van der Waals surface area contributed by atoms with Crippen LogP contribution in [-0.2, 0) is 6.54 Å². The van der Waals surface area contributed by atoms with Gasteiger partial charge in [-0.05, 0) is 43.9 Å². The molecule has 1 aromatic heterocycles. The Morgan fingerprint density at radius 3 is 2.80 bits per heavy atom. The maximum Gasteiger partial charge on any atom is 0.0483 e. The molecule has 0 spiro atoms.